The van der Waals surface area contributed by atoms with E-state index in [9.17, 15) is 4.79 Å². The first-order valence-electron chi connectivity index (χ1n) is 6.86. The Kier molecular flexibility index (Phi) is 5.33. The summed E-state index contributed by atoms with van der Waals surface area (Å²) < 4.78 is 6.15. The maximum atomic E-state index is 10.9. The van der Waals surface area contributed by atoms with Crippen molar-refractivity contribution in [2.45, 2.75) is 50.2 Å². The van der Waals surface area contributed by atoms with Crippen LogP contribution in [0, 0.1) is 5.92 Å². The van der Waals surface area contributed by atoms with Gasteiger partial charge in [0.25, 0.3) is 0 Å². The molecule has 0 aromatic carbocycles. The van der Waals surface area contributed by atoms with Crippen molar-refractivity contribution in [1.82, 2.24) is 4.90 Å². The van der Waals surface area contributed by atoms with E-state index in [1.807, 2.05) is 0 Å². The summed E-state index contributed by atoms with van der Waals surface area (Å²) in [4.78, 5) is 13.3. The van der Waals surface area contributed by atoms with E-state index in [4.69, 9.17) is 9.84 Å². The molecule has 2 rings (SSSR count). The van der Waals surface area contributed by atoms with Gasteiger partial charge >= 0.3 is 5.97 Å². The Balaban J connectivity index is 1.77. The zero-order valence-electron chi connectivity index (χ0n) is 11.0. The molecule has 1 atom stereocenters. The molecule has 1 saturated carbocycles. The summed E-state index contributed by atoms with van der Waals surface area (Å²) in [6.07, 6.45) is 8.19. The highest BCUT2D eigenvalue weighted by Gasteiger charge is 2.30. The minimum atomic E-state index is -0.644. The number of rotatable bonds is 5. The van der Waals surface area contributed by atoms with Crippen LogP contribution in [-0.2, 0) is 9.53 Å². The minimum absolute atomic E-state index is 0.149. The second-order valence-corrected chi connectivity index (χ2v) is 6.11. The van der Waals surface area contributed by atoms with Crippen LogP contribution >= 0.6 is 11.8 Å². The lowest BCUT2D eigenvalue weighted by atomic mass is 9.87. The molecule has 0 spiro atoms. The average Bonchev–Trinajstić information content (AvgIpc) is 2.90. The molecule has 0 bridgehead atoms. The van der Waals surface area contributed by atoms with Gasteiger partial charge < -0.3 is 9.84 Å². The number of carboxylic acids is 1. The molecule has 2 fully saturated rings. The maximum absolute atomic E-state index is 10.9. The van der Waals surface area contributed by atoms with E-state index in [1.165, 1.54) is 12.8 Å². The van der Waals surface area contributed by atoms with Crippen LogP contribution in [0.3, 0.4) is 0 Å². The summed E-state index contributed by atoms with van der Waals surface area (Å²) in [5.74, 6) is -0.793. The third-order valence-corrected chi connectivity index (χ3v) is 4.79. The zero-order chi connectivity index (χ0) is 13.0. The van der Waals surface area contributed by atoms with Gasteiger partial charge in [0, 0.05) is 13.1 Å². The number of likely N-dealkylation sites (tertiary alicyclic amines) is 1. The lowest BCUT2D eigenvalue weighted by Crippen LogP contribution is -2.37. The molecule has 104 valence electrons. The molecule has 0 aromatic heterocycles. The van der Waals surface area contributed by atoms with E-state index < -0.39 is 5.97 Å². The van der Waals surface area contributed by atoms with Gasteiger partial charge in [0.1, 0.15) is 0 Å². The first-order valence-corrected chi connectivity index (χ1v) is 8.14. The topological polar surface area (TPSA) is 49.8 Å². The predicted octanol–water partition coefficient (Wildman–Crippen LogP) is 2.39. The first kappa shape index (κ1) is 14.2. The van der Waals surface area contributed by atoms with Crippen LogP contribution in [0.2, 0.25) is 0 Å². The molecule has 1 saturated heterocycles. The highest BCUT2D eigenvalue weighted by molar-refractivity contribution is 7.99. The van der Waals surface area contributed by atoms with Gasteiger partial charge in [0.2, 0.25) is 0 Å². The number of carbonyl (C=O) groups is 1. The smallest absolute Gasteiger partial charge is 0.306 e. The van der Waals surface area contributed by atoms with Crippen LogP contribution in [0.1, 0.15) is 38.5 Å². The monoisotopic (exact) mass is 273 g/mol. The highest BCUT2D eigenvalue weighted by Crippen LogP contribution is 2.30. The third-order valence-electron chi connectivity index (χ3n) is 3.97. The molecule has 4 nitrogen and oxygen atoms in total. The average molecular weight is 273 g/mol. The lowest BCUT2D eigenvalue weighted by molar-refractivity contribution is -0.144. The van der Waals surface area contributed by atoms with E-state index >= 15 is 0 Å². The molecule has 1 N–H and O–H groups in total. The second-order valence-electron chi connectivity index (χ2n) is 5.23. The van der Waals surface area contributed by atoms with Gasteiger partial charge in [-0.3, -0.25) is 9.69 Å². The SMILES string of the molecule is CSC(OC1CCC(C(=O)O)CC1)N1CCCC1. The van der Waals surface area contributed by atoms with Crippen LogP contribution < -0.4 is 0 Å². The van der Waals surface area contributed by atoms with E-state index in [1.54, 1.807) is 11.8 Å². The van der Waals surface area contributed by atoms with Crippen molar-refractivity contribution in [3.05, 3.63) is 0 Å². The van der Waals surface area contributed by atoms with Crippen molar-refractivity contribution < 1.29 is 14.6 Å². The van der Waals surface area contributed by atoms with Gasteiger partial charge in [-0.2, -0.15) is 0 Å². The Morgan fingerprint density at radius 1 is 1.28 bits per heavy atom. The van der Waals surface area contributed by atoms with Gasteiger partial charge in [-0.1, -0.05) is 0 Å². The summed E-state index contributed by atoms with van der Waals surface area (Å²) in [5, 5.41) is 8.97. The number of hydrogen-bond donors (Lipinski definition) is 1. The van der Waals surface area contributed by atoms with Crippen molar-refractivity contribution in [2.75, 3.05) is 19.3 Å². The molecule has 1 aliphatic heterocycles. The lowest BCUT2D eigenvalue weighted by Gasteiger charge is -2.33. The molecule has 0 radical (unpaired) electrons. The Morgan fingerprint density at radius 2 is 1.89 bits per heavy atom. The number of aliphatic carboxylic acids is 1. The van der Waals surface area contributed by atoms with E-state index in [2.05, 4.69) is 11.2 Å². The van der Waals surface area contributed by atoms with Crippen LogP contribution in [0.5, 0.6) is 0 Å². The molecule has 1 unspecified atom stereocenters. The second kappa shape index (κ2) is 6.78. The van der Waals surface area contributed by atoms with Crippen LogP contribution in [0.25, 0.3) is 0 Å². The Morgan fingerprint density at radius 3 is 2.39 bits per heavy atom. The van der Waals surface area contributed by atoms with Crippen molar-refractivity contribution in [2.24, 2.45) is 5.92 Å². The quantitative estimate of drug-likeness (QED) is 0.779. The van der Waals surface area contributed by atoms with Crippen LogP contribution in [0.15, 0.2) is 0 Å². The van der Waals surface area contributed by atoms with Crippen molar-refractivity contribution in [1.29, 1.82) is 0 Å². The molecule has 0 aromatic rings. The maximum Gasteiger partial charge on any atom is 0.306 e. The molecular formula is C13H23NO3S. The van der Waals surface area contributed by atoms with Crippen molar-refractivity contribution in [3.63, 3.8) is 0 Å². The van der Waals surface area contributed by atoms with Gasteiger partial charge in [-0.25, -0.2) is 0 Å². The first-order chi connectivity index (χ1) is 8.70. The molecule has 1 heterocycles. The number of thioether (sulfide) groups is 1. The summed E-state index contributed by atoms with van der Waals surface area (Å²) in [7, 11) is 0. The van der Waals surface area contributed by atoms with Crippen LogP contribution in [0.4, 0.5) is 0 Å². The Bertz CT molecular complexity index is 273. The normalized spacial score (nSPS) is 31.4. The van der Waals surface area contributed by atoms with E-state index in [0.717, 1.165) is 38.8 Å². The Labute approximate surface area is 113 Å². The van der Waals surface area contributed by atoms with Gasteiger partial charge in [-0.15, -0.1) is 11.8 Å². The van der Waals surface area contributed by atoms with Gasteiger partial charge in [-0.05, 0) is 44.8 Å². The molecule has 0 amide bonds. The van der Waals surface area contributed by atoms with Crippen molar-refractivity contribution >= 4 is 17.7 Å². The standard InChI is InChI=1S/C13H23NO3S/c1-18-13(14-8-2-3-9-14)17-11-6-4-10(5-7-11)12(15)16/h10-11,13H,2-9H2,1H3,(H,15,16). The number of nitrogens with zero attached hydrogens (tertiary/aromatic N) is 1. The zero-order valence-corrected chi connectivity index (χ0v) is 11.8. The fourth-order valence-electron chi connectivity index (χ4n) is 2.85. The van der Waals surface area contributed by atoms with E-state index in [0.29, 0.717) is 0 Å². The summed E-state index contributed by atoms with van der Waals surface area (Å²) in [6, 6.07) is 0. The fraction of sp³-hybridized carbons (Fsp3) is 0.923. The van der Waals surface area contributed by atoms with Gasteiger partial charge in [0.05, 0.1) is 12.0 Å². The van der Waals surface area contributed by atoms with Gasteiger partial charge in [0.15, 0.2) is 5.56 Å². The largest absolute Gasteiger partial charge is 0.481 e. The van der Waals surface area contributed by atoms with Crippen molar-refractivity contribution in [3.8, 4) is 0 Å². The molecule has 2 aliphatic rings. The van der Waals surface area contributed by atoms with Crippen LogP contribution in [-0.4, -0.2) is 47.0 Å². The number of carboxylic acid groups (broad SMARTS) is 1. The summed E-state index contributed by atoms with van der Waals surface area (Å²) in [5.41, 5.74) is 0.166. The predicted molar refractivity (Wildman–Crippen MR) is 72.6 cm³/mol. The third kappa shape index (κ3) is 3.62. The number of hydrogen-bond acceptors (Lipinski definition) is 4. The van der Waals surface area contributed by atoms with E-state index in [-0.39, 0.29) is 17.6 Å². The molecule has 5 heteroatoms. The Hall–Kier alpha value is -0.260. The fourth-order valence-corrected chi connectivity index (χ4v) is 3.63. The minimum Gasteiger partial charge on any atom is -0.481 e. The molecule has 18 heavy (non-hydrogen) atoms. The highest BCUT2D eigenvalue weighted by atomic mass is 32.2. The number of ether oxygens (including phenoxy) is 1. The molecule has 1 aliphatic carbocycles. The summed E-state index contributed by atoms with van der Waals surface area (Å²) >= 11 is 1.76. The molecular weight excluding hydrogens is 250 g/mol. The summed E-state index contributed by atoms with van der Waals surface area (Å²) in [6.45, 7) is 2.27.